The fourth-order valence-corrected chi connectivity index (χ4v) is 2.83. The number of carbonyl (C=O) groups excluding carboxylic acids is 4. The number of amides is 4. The second kappa shape index (κ2) is 13.3. The summed E-state index contributed by atoms with van der Waals surface area (Å²) in [5, 5.41) is 25.6. The number of aliphatic hydroxyl groups excluding tert-OH is 1. The molecule has 12 nitrogen and oxygen atoms in total. The van der Waals surface area contributed by atoms with Gasteiger partial charge in [0.05, 0.1) is 19.1 Å². The summed E-state index contributed by atoms with van der Waals surface area (Å²) in [6, 6.07) is 3.31. The fraction of sp³-hybridized carbons (Fsp3) is 0.421. The number of hydrogen-bond acceptors (Lipinski definition) is 8. The zero-order chi connectivity index (χ0) is 24.3. The highest BCUT2D eigenvalue weighted by Gasteiger charge is 2.29. The van der Waals surface area contributed by atoms with Crippen LogP contribution >= 0.6 is 12.6 Å². The van der Waals surface area contributed by atoms with Crippen LogP contribution in [0.25, 0.3) is 0 Å². The summed E-state index contributed by atoms with van der Waals surface area (Å²) >= 11 is 4.00. The summed E-state index contributed by atoms with van der Waals surface area (Å²) in [6.07, 6.45) is -0.451. The van der Waals surface area contributed by atoms with Crippen LogP contribution in [0.2, 0.25) is 0 Å². The second-order valence-electron chi connectivity index (χ2n) is 6.85. The van der Waals surface area contributed by atoms with Crippen molar-refractivity contribution < 1.29 is 34.2 Å². The number of rotatable bonds is 13. The van der Waals surface area contributed by atoms with E-state index in [0.717, 1.165) is 0 Å². The molecule has 0 saturated carbocycles. The molecule has 0 aromatic heterocycles. The Labute approximate surface area is 189 Å². The molecule has 0 bridgehead atoms. The van der Waals surface area contributed by atoms with Crippen molar-refractivity contribution in [3.05, 3.63) is 35.9 Å². The molecular formula is C19H27N5O7S. The van der Waals surface area contributed by atoms with Gasteiger partial charge in [-0.05, 0) is 5.56 Å². The van der Waals surface area contributed by atoms with Crippen LogP contribution in [0.15, 0.2) is 30.3 Å². The van der Waals surface area contributed by atoms with Crippen molar-refractivity contribution in [3.63, 3.8) is 0 Å². The number of carboxylic acid groups (broad SMARTS) is 1. The minimum Gasteiger partial charge on any atom is -0.480 e. The Morgan fingerprint density at radius 2 is 1.44 bits per heavy atom. The van der Waals surface area contributed by atoms with E-state index in [9.17, 15) is 34.2 Å². The lowest BCUT2D eigenvalue weighted by molar-refractivity contribution is -0.142. The molecule has 1 aromatic rings. The van der Waals surface area contributed by atoms with Crippen molar-refractivity contribution in [1.82, 2.24) is 16.0 Å². The summed E-state index contributed by atoms with van der Waals surface area (Å²) in [4.78, 5) is 59.2. The van der Waals surface area contributed by atoms with Gasteiger partial charge in [0, 0.05) is 12.2 Å². The van der Waals surface area contributed by atoms with Gasteiger partial charge in [-0.1, -0.05) is 30.3 Å². The Kier molecular flexibility index (Phi) is 11.2. The van der Waals surface area contributed by atoms with Crippen molar-refractivity contribution in [2.75, 3.05) is 12.4 Å². The van der Waals surface area contributed by atoms with Crippen LogP contribution < -0.4 is 27.4 Å². The third-order valence-corrected chi connectivity index (χ3v) is 4.65. The van der Waals surface area contributed by atoms with Crippen molar-refractivity contribution in [2.24, 2.45) is 11.5 Å². The number of thiol groups is 1. The molecule has 0 fully saturated rings. The Morgan fingerprint density at radius 3 is 1.94 bits per heavy atom. The van der Waals surface area contributed by atoms with E-state index in [0.29, 0.717) is 5.56 Å². The van der Waals surface area contributed by atoms with Crippen LogP contribution in [0.4, 0.5) is 0 Å². The lowest BCUT2D eigenvalue weighted by Gasteiger charge is -2.23. The van der Waals surface area contributed by atoms with Gasteiger partial charge in [-0.25, -0.2) is 4.79 Å². The number of benzene rings is 1. The molecule has 13 heteroatoms. The minimum atomic E-state index is -1.48. The molecule has 0 aliphatic heterocycles. The molecule has 32 heavy (non-hydrogen) atoms. The molecule has 9 N–H and O–H groups in total. The first-order chi connectivity index (χ1) is 15.1. The van der Waals surface area contributed by atoms with Gasteiger partial charge < -0.3 is 37.6 Å². The van der Waals surface area contributed by atoms with Gasteiger partial charge in [0.25, 0.3) is 0 Å². The Bertz CT molecular complexity index is 824. The van der Waals surface area contributed by atoms with E-state index >= 15 is 0 Å². The van der Waals surface area contributed by atoms with Gasteiger partial charge in [0.2, 0.25) is 23.6 Å². The molecule has 4 amide bonds. The van der Waals surface area contributed by atoms with Gasteiger partial charge in [0.1, 0.15) is 18.1 Å². The second-order valence-corrected chi connectivity index (χ2v) is 7.22. The van der Waals surface area contributed by atoms with E-state index in [1.807, 2.05) is 0 Å². The smallest absolute Gasteiger partial charge is 0.326 e. The maximum atomic E-state index is 12.5. The highest BCUT2D eigenvalue weighted by Crippen LogP contribution is 2.04. The average molecular weight is 470 g/mol. The number of carbonyl (C=O) groups is 5. The van der Waals surface area contributed by atoms with Crippen molar-refractivity contribution in [1.29, 1.82) is 0 Å². The number of aliphatic carboxylic acids is 1. The van der Waals surface area contributed by atoms with E-state index in [4.69, 9.17) is 11.5 Å². The van der Waals surface area contributed by atoms with E-state index in [2.05, 4.69) is 28.6 Å². The highest BCUT2D eigenvalue weighted by molar-refractivity contribution is 7.80. The van der Waals surface area contributed by atoms with Gasteiger partial charge in [-0.3, -0.25) is 19.2 Å². The molecule has 1 aromatic carbocycles. The van der Waals surface area contributed by atoms with Gasteiger partial charge in [0.15, 0.2) is 0 Å². The number of primary amides is 1. The first-order valence-corrected chi connectivity index (χ1v) is 10.2. The molecule has 0 spiro atoms. The fourth-order valence-electron chi connectivity index (χ4n) is 2.57. The first-order valence-electron chi connectivity index (χ1n) is 9.52. The standard InChI is InChI=1S/C19H27N5O7S/c20-11(7-15(21)26)16(27)23-13(8-25)17(28)24-14(9-32)18(29)22-12(19(30)31)6-10-4-2-1-3-5-10/h1-5,11-14,25,32H,6-9,20H2,(H2,21,26)(H,22,29)(H,23,27)(H,24,28)(H,30,31). The predicted octanol–water partition coefficient (Wildman–Crippen LogP) is -3.11. The third kappa shape index (κ3) is 8.91. The molecule has 4 unspecified atom stereocenters. The van der Waals surface area contributed by atoms with Crippen molar-refractivity contribution in [2.45, 2.75) is 37.0 Å². The monoisotopic (exact) mass is 469 g/mol. The summed E-state index contributed by atoms with van der Waals surface area (Å²) in [5.74, 6) is -4.94. The zero-order valence-electron chi connectivity index (χ0n) is 17.1. The Balaban J connectivity index is 2.76. The maximum Gasteiger partial charge on any atom is 0.326 e. The van der Waals surface area contributed by atoms with Crippen LogP contribution in [0, 0.1) is 0 Å². The minimum absolute atomic E-state index is 0.0161. The summed E-state index contributed by atoms with van der Waals surface area (Å²) in [6.45, 7) is -0.826. The average Bonchev–Trinajstić information content (AvgIpc) is 2.74. The number of hydrogen-bond donors (Lipinski definition) is 8. The molecule has 4 atom stereocenters. The van der Waals surface area contributed by atoms with E-state index < -0.39 is 66.8 Å². The molecule has 0 saturated heterocycles. The largest absolute Gasteiger partial charge is 0.480 e. The SMILES string of the molecule is NC(=O)CC(N)C(=O)NC(CO)C(=O)NC(CS)C(=O)NC(Cc1ccccc1)C(=O)O. The number of nitrogens with one attached hydrogen (secondary N) is 3. The van der Waals surface area contributed by atoms with E-state index in [-0.39, 0.29) is 12.2 Å². The molecular weight excluding hydrogens is 442 g/mol. The normalized spacial score (nSPS) is 14.3. The number of aliphatic hydroxyl groups is 1. The molecule has 0 aliphatic carbocycles. The predicted molar refractivity (Wildman–Crippen MR) is 116 cm³/mol. The van der Waals surface area contributed by atoms with Crippen LogP contribution in [0.3, 0.4) is 0 Å². The van der Waals surface area contributed by atoms with Crippen LogP contribution in [0.5, 0.6) is 0 Å². The number of carboxylic acids is 1. The summed E-state index contributed by atoms with van der Waals surface area (Å²) in [7, 11) is 0. The maximum absolute atomic E-state index is 12.5. The number of nitrogens with two attached hydrogens (primary N) is 2. The van der Waals surface area contributed by atoms with E-state index in [1.165, 1.54) is 0 Å². The molecule has 0 radical (unpaired) electrons. The third-order valence-electron chi connectivity index (χ3n) is 4.29. The molecule has 1 rings (SSSR count). The summed E-state index contributed by atoms with van der Waals surface area (Å²) < 4.78 is 0. The summed E-state index contributed by atoms with van der Waals surface area (Å²) in [5.41, 5.74) is 11.1. The topological polar surface area (TPSA) is 214 Å². The van der Waals surface area contributed by atoms with Crippen molar-refractivity contribution in [3.8, 4) is 0 Å². The van der Waals surface area contributed by atoms with Crippen molar-refractivity contribution >= 4 is 42.2 Å². The molecule has 176 valence electrons. The highest BCUT2D eigenvalue weighted by atomic mass is 32.1. The zero-order valence-corrected chi connectivity index (χ0v) is 18.0. The first kappa shape index (κ1) is 26.9. The van der Waals surface area contributed by atoms with E-state index in [1.54, 1.807) is 30.3 Å². The van der Waals surface area contributed by atoms with Crippen LogP contribution in [0.1, 0.15) is 12.0 Å². The van der Waals surface area contributed by atoms with Crippen LogP contribution in [-0.4, -0.2) is 76.3 Å². The van der Waals surface area contributed by atoms with Crippen LogP contribution in [-0.2, 0) is 30.4 Å². The van der Waals surface area contributed by atoms with Gasteiger partial charge in [-0.15, -0.1) is 0 Å². The van der Waals surface area contributed by atoms with Gasteiger partial charge >= 0.3 is 5.97 Å². The molecule has 0 aliphatic rings. The lowest BCUT2D eigenvalue weighted by atomic mass is 10.1. The lowest BCUT2D eigenvalue weighted by Crippen LogP contribution is -2.58. The van der Waals surface area contributed by atoms with Gasteiger partial charge in [-0.2, -0.15) is 12.6 Å². The Hall–Kier alpha value is -3.16. The quantitative estimate of drug-likeness (QED) is 0.138. The Morgan fingerprint density at radius 1 is 0.906 bits per heavy atom. The molecule has 0 heterocycles.